The second-order valence-electron chi connectivity index (χ2n) is 4.79. The van der Waals surface area contributed by atoms with E-state index in [0.29, 0.717) is 12.4 Å². The van der Waals surface area contributed by atoms with Gasteiger partial charge in [-0.25, -0.2) is 4.79 Å². The van der Waals surface area contributed by atoms with Crippen LogP contribution in [0.15, 0.2) is 36.9 Å². The Morgan fingerprint density at radius 1 is 1.35 bits per heavy atom. The number of ether oxygens (including phenoxy) is 3. The summed E-state index contributed by atoms with van der Waals surface area (Å²) in [5.41, 5.74) is 0.719. The largest absolute Gasteiger partial charge is 0.455 e. The van der Waals surface area contributed by atoms with Crippen LogP contribution in [0.5, 0.6) is 5.75 Å². The van der Waals surface area contributed by atoms with Crippen LogP contribution in [0.4, 0.5) is 0 Å². The molecular formula is C16H22O4. The van der Waals surface area contributed by atoms with Crippen molar-refractivity contribution in [1.82, 2.24) is 0 Å². The molecular weight excluding hydrogens is 256 g/mol. The van der Waals surface area contributed by atoms with Crippen LogP contribution in [-0.4, -0.2) is 18.9 Å². The van der Waals surface area contributed by atoms with E-state index in [-0.39, 0.29) is 5.60 Å². The van der Waals surface area contributed by atoms with Gasteiger partial charge >= 0.3 is 5.97 Å². The third kappa shape index (κ3) is 4.70. The highest BCUT2D eigenvalue weighted by molar-refractivity contribution is 5.81. The summed E-state index contributed by atoms with van der Waals surface area (Å²) in [6.07, 6.45) is 0.444. The van der Waals surface area contributed by atoms with E-state index in [1.807, 2.05) is 45.0 Å². The van der Waals surface area contributed by atoms with Crippen LogP contribution in [0, 0.1) is 0 Å². The van der Waals surface area contributed by atoms with Crippen LogP contribution in [-0.2, 0) is 19.9 Å². The lowest BCUT2D eigenvalue weighted by Gasteiger charge is -2.25. The van der Waals surface area contributed by atoms with Crippen molar-refractivity contribution in [2.24, 2.45) is 0 Å². The third-order valence-electron chi connectivity index (χ3n) is 2.81. The molecule has 1 rings (SSSR count). The first-order valence-electron chi connectivity index (χ1n) is 6.63. The van der Waals surface area contributed by atoms with Gasteiger partial charge in [0, 0.05) is 19.6 Å². The first kappa shape index (κ1) is 16.2. The summed E-state index contributed by atoms with van der Waals surface area (Å²) < 4.78 is 16.1. The quantitative estimate of drug-likeness (QED) is 0.435. The Bertz CT molecular complexity index is 448. The fourth-order valence-electron chi connectivity index (χ4n) is 1.81. The summed E-state index contributed by atoms with van der Waals surface area (Å²) in [4.78, 5) is 11.0. The average molecular weight is 278 g/mol. The second kappa shape index (κ2) is 7.10. The van der Waals surface area contributed by atoms with Crippen LogP contribution >= 0.6 is 0 Å². The first-order chi connectivity index (χ1) is 9.39. The van der Waals surface area contributed by atoms with Gasteiger partial charge in [-0.3, -0.25) is 0 Å². The molecule has 0 N–H and O–H groups in total. The van der Waals surface area contributed by atoms with Crippen molar-refractivity contribution in [3.8, 4) is 5.75 Å². The van der Waals surface area contributed by atoms with Gasteiger partial charge in [0.05, 0.1) is 5.60 Å². The van der Waals surface area contributed by atoms with Gasteiger partial charge in [0.15, 0.2) is 0 Å². The van der Waals surface area contributed by atoms with Crippen molar-refractivity contribution >= 4 is 5.97 Å². The SMILES string of the molecule is C=CC(=O)OC(C)Oc1ccc(C(C)(C)OCC)cc1. The predicted octanol–water partition coefficient (Wildman–Crippen LogP) is 3.41. The summed E-state index contributed by atoms with van der Waals surface area (Å²) in [5.74, 6) is 0.122. The highest BCUT2D eigenvalue weighted by atomic mass is 16.7. The number of carbonyl (C=O) groups is 1. The van der Waals surface area contributed by atoms with Crippen LogP contribution in [0.2, 0.25) is 0 Å². The fourth-order valence-corrected chi connectivity index (χ4v) is 1.81. The summed E-state index contributed by atoms with van der Waals surface area (Å²) in [7, 11) is 0. The Hall–Kier alpha value is -1.81. The molecule has 0 aliphatic heterocycles. The Balaban J connectivity index is 2.67. The van der Waals surface area contributed by atoms with Gasteiger partial charge in [-0.05, 0) is 38.5 Å². The van der Waals surface area contributed by atoms with Gasteiger partial charge in [0.2, 0.25) is 6.29 Å². The number of esters is 1. The first-order valence-corrected chi connectivity index (χ1v) is 6.63. The minimum absolute atomic E-state index is 0.339. The van der Waals surface area contributed by atoms with Crippen molar-refractivity contribution < 1.29 is 19.0 Å². The molecule has 0 amide bonds. The van der Waals surface area contributed by atoms with Crippen molar-refractivity contribution in [1.29, 1.82) is 0 Å². The van der Waals surface area contributed by atoms with Crippen LogP contribution < -0.4 is 4.74 Å². The highest BCUT2D eigenvalue weighted by Gasteiger charge is 2.20. The number of carbonyl (C=O) groups excluding carboxylic acids is 1. The molecule has 20 heavy (non-hydrogen) atoms. The maximum atomic E-state index is 11.0. The molecule has 110 valence electrons. The highest BCUT2D eigenvalue weighted by Crippen LogP contribution is 2.26. The van der Waals surface area contributed by atoms with E-state index in [2.05, 4.69) is 6.58 Å². The Kier molecular flexibility index (Phi) is 5.77. The van der Waals surface area contributed by atoms with Crippen molar-refractivity contribution in [2.75, 3.05) is 6.61 Å². The minimum atomic E-state index is -0.661. The number of benzene rings is 1. The molecule has 0 aromatic heterocycles. The van der Waals surface area contributed by atoms with Crippen molar-refractivity contribution in [3.63, 3.8) is 0 Å². The zero-order valence-corrected chi connectivity index (χ0v) is 12.5. The Morgan fingerprint density at radius 3 is 2.45 bits per heavy atom. The van der Waals surface area contributed by atoms with E-state index in [4.69, 9.17) is 14.2 Å². The Morgan fingerprint density at radius 2 is 1.95 bits per heavy atom. The monoisotopic (exact) mass is 278 g/mol. The maximum Gasteiger partial charge on any atom is 0.333 e. The van der Waals surface area contributed by atoms with Crippen LogP contribution in [0.1, 0.15) is 33.3 Å². The lowest BCUT2D eigenvalue weighted by molar-refractivity contribution is -0.154. The van der Waals surface area contributed by atoms with Crippen molar-refractivity contribution in [3.05, 3.63) is 42.5 Å². The third-order valence-corrected chi connectivity index (χ3v) is 2.81. The number of hydrogen-bond acceptors (Lipinski definition) is 4. The predicted molar refractivity (Wildman–Crippen MR) is 77.5 cm³/mol. The lowest BCUT2D eigenvalue weighted by Crippen LogP contribution is -2.22. The molecule has 1 unspecified atom stereocenters. The van der Waals surface area contributed by atoms with Crippen molar-refractivity contribution in [2.45, 2.75) is 39.6 Å². The smallest absolute Gasteiger partial charge is 0.333 e. The normalized spacial score (nSPS) is 12.6. The zero-order valence-electron chi connectivity index (χ0n) is 12.5. The molecule has 0 aliphatic rings. The molecule has 0 bridgehead atoms. The summed E-state index contributed by atoms with van der Waals surface area (Å²) in [6, 6.07) is 7.53. The van der Waals surface area contributed by atoms with Gasteiger partial charge in [0.1, 0.15) is 5.75 Å². The molecule has 0 spiro atoms. The van der Waals surface area contributed by atoms with Gasteiger partial charge in [-0.2, -0.15) is 0 Å². The van der Waals surface area contributed by atoms with E-state index in [0.717, 1.165) is 11.6 Å². The topological polar surface area (TPSA) is 44.8 Å². The van der Waals surface area contributed by atoms with Gasteiger partial charge < -0.3 is 14.2 Å². The van der Waals surface area contributed by atoms with E-state index in [9.17, 15) is 4.79 Å². The molecule has 0 heterocycles. The van der Waals surface area contributed by atoms with Crippen LogP contribution in [0.25, 0.3) is 0 Å². The van der Waals surface area contributed by atoms with Crippen LogP contribution in [0.3, 0.4) is 0 Å². The molecule has 0 saturated heterocycles. The van der Waals surface area contributed by atoms with Gasteiger partial charge in [0.25, 0.3) is 0 Å². The molecule has 1 atom stereocenters. The van der Waals surface area contributed by atoms with E-state index < -0.39 is 12.3 Å². The summed E-state index contributed by atoms with van der Waals surface area (Å²) in [6.45, 7) is 11.6. The molecule has 0 saturated carbocycles. The maximum absolute atomic E-state index is 11.0. The molecule has 0 aliphatic carbocycles. The summed E-state index contributed by atoms with van der Waals surface area (Å²) in [5, 5.41) is 0. The second-order valence-corrected chi connectivity index (χ2v) is 4.79. The minimum Gasteiger partial charge on any atom is -0.455 e. The number of hydrogen-bond donors (Lipinski definition) is 0. The average Bonchev–Trinajstić information content (AvgIpc) is 2.39. The van der Waals surface area contributed by atoms with Gasteiger partial charge in [-0.1, -0.05) is 18.7 Å². The van der Waals surface area contributed by atoms with E-state index >= 15 is 0 Å². The molecule has 4 heteroatoms. The fraction of sp³-hybridized carbons (Fsp3) is 0.438. The summed E-state index contributed by atoms with van der Waals surface area (Å²) >= 11 is 0. The molecule has 1 aromatic carbocycles. The zero-order chi connectivity index (χ0) is 15.2. The molecule has 1 aromatic rings. The Labute approximate surface area is 120 Å². The van der Waals surface area contributed by atoms with E-state index in [1.165, 1.54) is 0 Å². The molecule has 0 fully saturated rings. The molecule has 0 radical (unpaired) electrons. The van der Waals surface area contributed by atoms with E-state index in [1.54, 1.807) is 6.92 Å². The molecule has 4 nitrogen and oxygen atoms in total. The standard InChI is InChI=1S/C16H22O4/c1-6-15(17)20-12(3)19-14-10-8-13(9-11-14)16(4,5)18-7-2/h6,8-12H,1,7H2,2-5H3. The lowest BCUT2D eigenvalue weighted by atomic mass is 9.98. The number of rotatable bonds is 7. The van der Waals surface area contributed by atoms with Gasteiger partial charge in [-0.15, -0.1) is 0 Å².